The Morgan fingerprint density at radius 1 is 1.32 bits per heavy atom. The molecule has 3 nitrogen and oxygen atoms in total. The lowest BCUT2D eigenvalue weighted by atomic mass is 10.2. The number of aryl methyl sites for hydroxylation is 2. The van der Waals surface area contributed by atoms with Crippen LogP contribution in [0.15, 0.2) is 34.9 Å². The van der Waals surface area contributed by atoms with E-state index in [4.69, 9.17) is 11.6 Å². The number of hydrogen-bond donors (Lipinski definition) is 0. The smallest absolute Gasteiger partial charge is 0.0865 e. The molecule has 0 bridgehead atoms. The largest absolute Gasteiger partial charge is 0.341 e. The van der Waals surface area contributed by atoms with E-state index in [0.717, 1.165) is 27.4 Å². The minimum Gasteiger partial charge on any atom is -0.341 e. The van der Waals surface area contributed by atoms with Gasteiger partial charge in [-0.3, -0.25) is 4.68 Å². The van der Waals surface area contributed by atoms with Gasteiger partial charge in [0.1, 0.15) is 0 Å². The standard InChI is InChI=1S/C14H13BrClN3/c1-9-14(16)13(18(2)17-9)8-19-7-6-10-11(15)4-3-5-12(10)19/h3-7H,8H2,1-2H3. The van der Waals surface area contributed by atoms with Crippen LogP contribution < -0.4 is 0 Å². The Kier molecular flexibility index (Phi) is 3.15. The molecule has 0 atom stereocenters. The SMILES string of the molecule is Cc1nn(C)c(Cn2ccc3c(Br)cccc32)c1Cl. The number of benzene rings is 1. The molecule has 3 rings (SSSR count). The average Bonchev–Trinajstić information content (AvgIpc) is 2.88. The van der Waals surface area contributed by atoms with Crippen LogP contribution in [0.5, 0.6) is 0 Å². The van der Waals surface area contributed by atoms with E-state index in [2.05, 4.69) is 43.9 Å². The van der Waals surface area contributed by atoms with Gasteiger partial charge >= 0.3 is 0 Å². The molecule has 0 aliphatic heterocycles. The summed E-state index contributed by atoms with van der Waals surface area (Å²) in [7, 11) is 1.93. The summed E-state index contributed by atoms with van der Waals surface area (Å²) in [5.41, 5.74) is 3.08. The van der Waals surface area contributed by atoms with Crippen molar-refractivity contribution in [2.75, 3.05) is 0 Å². The first kappa shape index (κ1) is 12.8. The highest BCUT2D eigenvalue weighted by atomic mass is 79.9. The highest BCUT2D eigenvalue weighted by Crippen LogP contribution is 2.27. The van der Waals surface area contributed by atoms with Crippen molar-refractivity contribution >= 4 is 38.4 Å². The first-order valence-corrected chi connectivity index (χ1v) is 7.16. The van der Waals surface area contributed by atoms with E-state index >= 15 is 0 Å². The average molecular weight is 339 g/mol. The van der Waals surface area contributed by atoms with Crippen molar-refractivity contribution in [1.29, 1.82) is 0 Å². The summed E-state index contributed by atoms with van der Waals surface area (Å²) in [6.07, 6.45) is 2.08. The van der Waals surface area contributed by atoms with Crippen LogP contribution in [0.4, 0.5) is 0 Å². The number of fused-ring (bicyclic) bond motifs is 1. The number of nitrogens with zero attached hydrogens (tertiary/aromatic N) is 3. The maximum Gasteiger partial charge on any atom is 0.0865 e. The van der Waals surface area contributed by atoms with Gasteiger partial charge in [0.25, 0.3) is 0 Å². The molecule has 0 spiro atoms. The molecule has 3 aromatic rings. The van der Waals surface area contributed by atoms with E-state index in [-0.39, 0.29) is 0 Å². The maximum atomic E-state index is 6.31. The molecule has 0 amide bonds. The van der Waals surface area contributed by atoms with Crippen LogP contribution in [0.1, 0.15) is 11.4 Å². The Bertz CT molecular complexity index is 757. The van der Waals surface area contributed by atoms with Crippen molar-refractivity contribution in [3.05, 3.63) is 51.3 Å². The highest BCUT2D eigenvalue weighted by Gasteiger charge is 2.12. The van der Waals surface area contributed by atoms with Crippen molar-refractivity contribution in [2.45, 2.75) is 13.5 Å². The van der Waals surface area contributed by atoms with Crippen LogP contribution in [-0.4, -0.2) is 14.3 Å². The lowest BCUT2D eigenvalue weighted by Gasteiger charge is -2.07. The van der Waals surface area contributed by atoms with Gasteiger partial charge in [0, 0.05) is 28.6 Å². The Hall–Kier alpha value is -1.26. The van der Waals surface area contributed by atoms with Gasteiger partial charge in [-0.15, -0.1) is 0 Å². The predicted molar refractivity (Wildman–Crippen MR) is 81.7 cm³/mol. The third-order valence-electron chi connectivity index (χ3n) is 3.34. The van der Waals surface area contributed by atoms with Gasteiger partial charge in [-0.2, -0.15) is 5.10 Å². The third-order valence-corrected chi connectivity index (χ3v) is 4.53. The quantitative estimate of drug-likeness (QED) is 0.688. The zero-order valence-electron chi connectivity index (χ0n) is 10.7. The molecule has 0 unspecified atom stereocenters. The fraction of sp³-hybridized carbons (Fsp3) is 0.214. The summed E-state index contributed by atoms with van der Waals surface area (Å²) < 4.78 is 5.14. The molecule has 0 N–H and O–H groups in total. The zero-order valence-corrected chi connectivity index (χ0v) is 13.0. The summed E-state index contributed by atoms with van der Waals surface area (Å²) in [5, 5.41) is 6.31. The van der Waals surface area contributed by atoms with E-state index in [0.29, 0.717) is 0 Å². The van der Waals surface area contributed by atoms with E-state index in [1.165, 1.54) is 10.9 Å². The molecular formula is C14H13BrClN3. The van der Waals surface area contributed by atoms with Gasteiger partial charge in [-0.05, 0) is 25.1 Å². The summed E-state index contributed by atoms with van der Waals surface area (Å²) in [5.74, 6) is 0. The number of aromatic nitrogens is 3. The van der Waals surface area contributed by atoms with Gasteiger partial charge in [0.15, 0.2) is 0 Å². The van der Waals surface area contributed by atoms with Crippen molar-refractivity contribution in [3.63, 3.8) is 0 Å². The first-order chi connectivity index (χ1) is 9.08. The van der Waals surface area contributed by atoms with E-state index in [1.54, 1.807) is 0 Å². The van der Waals surface area contributed by atoms with Crippen molar-refractivity contribution < 1.29 is 0 Å². The van der Waals surface area contributed by atoms with Crippen LogP contribution in [0.3, 0.4) is 0 Å². The minimum atomic E-state index is 0.718. The molecule has 0 saturated carbocycles. The fourth-order valence-electron chi connectivity index (χ4n) is 2.34. The molecule has 0 aliphatic rings. The molecule has 2 aromatic heterocycles. The second-order valence-corrected chi connectivity index (χ2v) is 5.82. The van der Waals surface area contributed by atoms with Crippen LogP contribution in [0.2, 0.25) is 5.02 Å². The number of rotatable bonds is 2. The molecule has 19 heavy (non-hydrogen) atoms. The third kappa shape index (κ3) is 2.09. The summed E-state index contributed by atoms with van der Waals surface area (Å²) >= 11 is 9.88. The van der Waals surface area contributed by atoms with E-state index in [1.807, 2.05) is 30.8 Å². The molecule has 0 saturated heterocycles. The molecule has 98 valence electrons. The second-order valence-electron chi connectivity index (χ2n) is 4.59. The van der Waals surface area contributed by atoms with Gasteiger partial charge in [0.2, 0.25) is 0 Å². The summed E-state index contributed by atoms with van der Waals surface area (Å²) in [4.78, 5) is 0. The minimum absolute atomic E-state index is 0.718. The molecule has 0 fully saturated rings. The molecule has 0 radical (unpaired) electrons. The normalized spacial score (nSPS) is 11.4. The van der Waals surface area contributed by atoms with Crippen LogP contribution >= 0.6 is 27.5 Å². The molecule has 5 heteroatoms. The summed E-state index contributed by atoms with van der Waals surface area (Å²) in [6.45, 7) is 2.65. The van der Waals surface area contributed by atoms with Gasteiger partial charge in [-0.25, -0.2) is 0 Å². The predicted octanol–water partition coefficient (Wildman–Crippen LogP) is 4.15. The van der Waals surface area contributed by atoms with Gasteiger partial charge in [-0.1, -0.05) is 33.6 Å². The first-order valence-electron chi connectivity index (χ1n) is 5.99. The van der Waals surface area contributed by atoms with Gasteiger partial charge < -0.3 is 4.57 Å². The lowest BCUT2D eigenvalue weighted by Crippen LogP contribution is -2.05. The number of hydrogen-bond acceptors (Lipinski definition) is 1. The van der Waals surface area contributed by atoms with Crippen LogP contribution in [0.25, 0.3) is 10.9 Å². The monoisotopic (exact) mass is 337 g/mol. The Morgan fingerprint density at radius 2 is 2.11 bits per heavy atom. The van der Waals surface area contributed by atoms with Crippen molar-refractivity contribution in [3.8, 4) is 0 Å². The fourth-order valence-corrected chi connectivity index (χ4v) is 3.04. The number of halogens is 2. The molecule has 0 aliphatic carbocycles. The highest BCUT2D eigenvalue weighted by molar-refractivity contribution is 9.10. The Morgan fingerprint density at radius 3 is 2.79 bits per heavy atom. The second kappa shape index (κ2) is 4.69. The lowest BCUT2D eigenvalue weighted by molar-refractivity contribution is 0.673. The van der Waals surface area contributed by atoms with Crippen molar-refractivity contribution in [2.24, 2.45) is 7.05 Å². The Labute approximate surface area is 124 Å². The van der Waals surface area contributed by atoms with Gasteiger partial charge in [0.05, 0.1) is 23.0 Å². The zero-order chi connectivity index (χ0) is 13.6. The van der Waals surface area contributed by atoms with Crippen LogP contribution in [0, 0.1) is 6.92 Å². The summed E-state index contributed by atoms with van der Waals surface area (Å²) in [6, 6.07) is 8.31. The molecule has 1 aromatic carbocycles. The maximum absolute atomic E-state index is 6.31. The molecule has 2 heterocycles. The van der Waals surface area contributed by atoms with Crippen molar-refractivity contribution in [1.82, 2.24) is 14.3 Å². The molecular weight excluding hydrogens is 326 g/mol. The van der Waals surface area contributed by atoms with Crippen LogP contribution in [-0.2, 0) is 13.6 Å². The topological polar surface area (TPSA) is 22.8 Å². The van der Waals surface area contributed by atoms with E-state index < -0.39 is 0 Å². The Balaban J connectivity index is 2.09. The van der Waals surface area contributed by atoms with E-state index in [9.17, 15) is 0 Å².